The minimum absolute atomic E-state index is 0.00539. The molecule has 1 amide bonds. The number of nitrogens with one attached hydrogen (secondary N) is 1. The molecule has 0 saturated heterocycles. The Kier molecular flexibility index (Phi) is 4.67. The highest BCUT2D eigenvalue weighted by Gasteiger charge is 2.09. The van der Waals surface area contributed by atoms with Crippen molar-refractivity contribution in [3.63, 3.8) is 0 Å². The number of hydrogen-bond acceptors (Lipinski definition) is 4. The first-order valence-electron chi connectivity index (χ1n) is 6.20. The van der Waals surface area contributed by atoms with Crippen molar-refractivity contribution in [2.75, 3.05) is 12.4 Å². The van der Waals surface area contributed by atoms with Gasteiger partial charge in [0.25, 0.3) is 5.91 Å². The fraction of sp³-hybridized carbons (Fsp3) is 0.0625. The molecule has 0 atom stereocenters. The highest BCUT2D eigenvalue weighted by atomic mass is 16.5. The van der Waals surface area contributed by atoms with Crippen LogP contribution in [0.2, 0.25) is 0 Å². The number of amides is 1. The van der Waals surface area contributed by atoms with Crippen LogP contribution in [0.1, 0.15) is 5.56 Å². The van der Waals surface area contributed by atoms with Gasteiger partial charge in [0.1, 0.15) is 17.4 Å². The number of rotatable bonds is 4. The lowest BCUT2D eigenvalue weighted by atomic mass is 10.1. The first-order valence-corrected chi connectivity index (χ1v) is 6.20. The monoisotopic (exact) mass is 279 g/mol. The highest BCUT2D eigenvalue weighted by molar-refractivity contribution is 6.09. The summed E-state index contributed by atoms with van der Waals surface area (Å²) in [6.45, 7) is 0. The van der Waals surface area contributed by atoms with Crippen LogP contribution in [0, 0.1) is 11.3 Å². The first kappa shape index (κ1) is 14.3. The summed E-state index contributed by atoms with van der Waals surface area (Å²) in [5.74, 6) is 0.150. The maximum Gasteiger partial charge on any atom is 0.266 e. The third-order valence-corrected chi connectivity index (χ3v) is 2.69. The van der Waals surface area contributed by atoms with Crippen molar-refractivity contribution in [3.05, 3.63) is 59.9 Å². The minimum Gasteiger partial charge on any atom is -0.497 e. The Morgan fingerprint density at radius 3 is 2.90 bits per heavy atom. The van der Waals surface area contributed by atoms with Crippen molar-refractivity contribution in [1.29, 1.82) is 5.26 Å². The second-order valence-electron chi connectivity index (χ2n) is 4.14. The van der Waals surface area contributed by atoms with E-state index >= 15 is 0 Å². The molecule has 2 rings (SSSR count). The van der Waals surface area contributed by atoms with Crippen LogP contribution in [0.4, 0.5) is 5.69 Å². The Morgan fingerprint density at radius 2 is 2.24 bits per heavy atom. The molecule has 1 aromatic carbocycles. The molecule has 0 radical (unpaired) electrons. The van der Waals surface area contributed by atoms with Crippen molar-refractivity contribution in [1.82, 2.24) is 4.98 Å². The Balaban J connectivity index is 2.18. The fourth-order valence-electron chi connectivity index (χ4n) is 1.68. The number of ether oxygens (including phenoxy) is 1. The molecule has 104 valence electrons. The van der Waals surface area contributed by atoms with E-state index in [1.165, 1.54) is 6.08 Å². The average molecular weight is 279 g/mol. The molecule has 1 aromatic heterocycles. The Hall–Kier alpha value is -3.13. The van der Waals surface area contributed by atoms with Gasteiger partial charge in [-0.2, -0.15) is 5.26 Å². The van der Waals surface area contributed by atoms with Gasteiger partial charge in [-0.1, -0.05) is 12.1 Å². The quantitative estimate of drug-likeness (QED) is 0.689. The van der Waals surface area contributed by atoms with Crippen LogP contribution in [0.5, 0.6) is 5.75 Å². The third kappa shape index (κ3) is 3.91. The lowest BCUT2D eigenvalue weighted by Crippen LogP contribution is -2.13. The van der Waals surface area contributed by atoms with Crippen LogP contribution in [-0.4, -0.2) is 18.0 Å². The van der Waals surface area contributed by atoms with E-state index in [4.69, 9.17) is 10.00 Å². The highest BCUT2D eigenvalue weighted by Crippen LogP contribution is 2.17. The number of nitriles is 1. The Labute approximate surface area is 122 Å². The van der Waals surface area contributed by atoms with Gasteiger partial charge in [-0.25, -0.2) is 0 Å². The number of nitrogens with zero attached hydrogens (tertiary/aromatic N) is 2. The molecule has 0 aliphatic carbocycles. The molecule has 21 heavy (non-hydrogen) atoms. The summed E-state index contributed by atoms with van der Waals surface area (Å²) in [4.78, 5) is 16.0. The van der Waals surface area contributed by atoms with E-state index in [1.807, 2.05) is 6.07 Å². The Morgan fingerprint density at radius 1 is 1.38 bits per heavy atom. The van der Waals surface area contributed by atoms with Gasteiger partial charge in [0, 0.05) is 24.1 Å². The minimum atomic E-state index is -0.477. The van der Waals surface area contributed by atoms with Gasteiger partial charge in [-0.15, -0.1) is 0 Å². The van der Waals surface area contributed by atoms with Crippen LogP contribution < -0.4 is 10.1 Å². The van der Waals surface area contributed by atoms with Crippen LogP contribution in [0.25, 0.3) is 6.08 Å². The predicted octanol–water partition coefficient (Wildman–Crippen LogP) is 2.64. The molecule has 1 N–H and O–H groups in total. The van der Waals surface area contributed by atoms with E-state index in [9.17, 15) is 4.79 Å². The molecule has 5 heteroatoms. The van der Waals surface area contributed by atoms with Crippen LogP contribution >= 0.6 is 0 Å². The number of hydrogen-bond donors (Lipinski definition) is 1. The summed E-state index contributed by atoms with van der Waals surface area (Å²) >= 11 is 0. The summed E-state index contributed by atoms with van der Waals surface area (Å²) in [6, 6.07) is 12.3. The van der Waals surface area contributed by atoms with E-state index < -0.39 is 5.91 Å². The molecule has 1 heterocycles. The molecule has 0 aliphatic heterocycles. The maximum atomic E-state index is 12.1. The lowest BCUT2D eigenvalue weighted by molar-refractivity contribution is -0.112. The number of carbonyl (C=O) groups is 1. The van der Waals surface area contributed by atoms with Gasteiger partial charge in [0.15, 0.2) is 0 Å². The molecular formula is C16H13N3O2. The standard InChI is InChI=1S/C16H13N3O2/c1-21-15-6-2-5-14(9-15)19-16(20)13(10-17)8-12-4-3-7-18-11-12/h2-9,11H,1H3,(H,19,20)/b13-8-. The number of anilines is 1. The topological polar surface area (TPSA) is 75.0 Å². The van der Waals surface area contributed by atoms with Gasteiger partial charge < -0.3 is 10.1 Å². The van der Waals surface area contributed by atoms with Crippen molar-refractivity contribution in [2.24, 2.45) is 0 Å². The van der Waals surface area contributed by atoms with Crippen molar-refractivity contribution >= 4 is 17.7 Å². The average Bonchev–Trinajstić information content (AvgIpc) is 2.53. The first-order chi connectivity index (χ1) is 10.2. The number of pyridine rings is 1. The van der Waals surface area contributed by atoms with E-state index in [-0.39, 0.29) is 5.57 Å². The molecule has 0 bridgehead atoms. The summed E-state index contributed by atoms with van der Waals surface area (Å²) in [7, 11) is 1.55. The predicted molar refractivity (Wildman–Crippen MR) is 79.5 cm³/mol. The van der Waals surface area contributed by atoms with E-state index in [0.717, 1.165) is 0 Å². The Bertz CT molecular complexity index is 703. The molecule has 0 saturated carbocycles. The zero-order chi connectivity index (χ0) is 15.1. The largest absolute Gasteiger partial charge is 0.497 e. The maximum absolute atomic E-state index is 12.1. The number of benzene rings is 1. The van der Waals surface area contributed by atoms with Crippen molar-refractivity contribution < 1.29 is 9.53 Å². The van der Waals surface area contributed by atoms with Crippen LogP contribution in [0.3, 0.4) is 0 Å². The van der Waals surface area contributed by atoms with Gasteiger partial charge >= 0.3 is 0 Å². The van der Waals surface area contributed by atoms with Gasteiger partial charge in [-0.3, -0.25) is 9.78 Å². The molecule has 0 fully saturated rings. The summed E-state index contributed by atoms with van der Waals surface area (Å²) in [6.07, 6.45) is 4.69. The van der Waals surface area contributed by atoms with Crippen molar-refractivity contribution in [2.45, 2.75) is 0 Å². The van der Waals surface area contributed by atoms with Gasteiger partial charge in [-0.05, 0) is 29.8 Å². The second-order valence-corrected chi connectivity index (χ2v) is 4.14. The smallest absolute Gasteiger partial charge is 0.266 e. The summed E-state index contributed by atoms with van der Waals surface area (Å²) < 4.78 is 5.08. The van der Waals surface area contributed by atoms with Crippen LogP contribution in [-0.2, 0) is 4.79 Å². The summed E-state index contributed by atoms with van der Waals surface area (Å²) in [5, 5.41) is 11.8. The fourth-order valence-corrected chi connectivity index (χ4v) is 1.68. The van der Waals surface area contributed by atoms with E-state index in [0.29, 0.717) is 17.0 Å². The van der Waals surface area contributed by atoms with Crippen molar-refractivity contribution in [3.8, 4) is 11.8 Å². The second kappa shape index (κ2) is 6.87. The number of methoxy groups -OCH3 is 1. The molecule has 0 unspecified atom stereocenters. The van der Waals surface area contributed by atoms with E-state index in [1.54, 1.807) is 55.9 Å². The normalized spacial score (nSPS) is 10.6. The lowest BCUT2D eigenvalue weighted by Gasteiger charge is -2.06. The zero-order valence-corrected chi connectivity index (χ0v) is 11.4. The van der Waals surface area contributed by atoms with Gasteiger partial charge in [0.05, 0.1) is 7.11 Å². The molecular weight excluding hydrogens is 266 g/mol. The zero-order valence-electron chi connectivity index (χ0n) is 11.4. The molecule has 0 spiro atoms. The van der Waals surface area contributed by atoms with Gasteiger partial charge in [0.2, 0.25) is 0 Å². The summed E-state index contributed by atoms with van der Waals surface area (Å²) in [5.41, 5.74) is 1.26. The number of carbonyl (C=O) groups excluding carboxylic acids is 1. The van der Waals surface area contributed by atoms with E-state index in [2.05, 4.69) is 10.3 Å². The molecule has 2 aromatic rings. The molecule has 5 nitrogen and oxygen atoms in total. The molecule has 0 aliphatic rings. The SMILES string of the molecule is COc1cccc(NC(=O)/C(C#N)=C\c2cccnc2)c1. The third-order valence-electron chi connectivity index (χ3n) is 2.69. The van der Waals surface area contributed by atoms with Crippen LogP contribution in [0.15, 0.2) is 54.4 Å². The number of aromatic nitrogens is 1.